The highest BCUT2D eigenvalue weighted by molar-refractivity contribution is 6.02. The molecule has 0 atom stereocenters. The van der Waals surface area contributed by atoms with Crippen LogP contribution in [-0.2, 0) is 0 Å². The van der Waals surface area contributed by atoms with Gasteiger partial charge in [0, 0.05) is 11.9 Å². The van der Waals surface area contributed by atoms with Crippen LogP contribution >= 0.6 is 0 Å². The number of amides is 1. The molecule has 1 heterocycles. The molecule has 0 aliphatic heterocycles. The standard InChI is InChI=1S/C10H9FN4O2/c11-6-2-1-5(3-7(6)12)14-9(16)8-4-13-10(17)15-8/h1-4H,12H2,(H,14,16)(H2,13,15,17). The van der Waals surface area contributed by atoms with E-state index in [2.05, 4.69) is 15.3 Å². The van der Waals surface area contributed by atoms with Gasteiger partial charge in [0.2, 0.25) is 0 Å². The zero-order valence-corrected chi connectivity index (χ0v) is 8.58. The molecule has 7 heteroatoms. The molecule has 5 N–H and O–H groups in total. The summed E-state index contributed by atoms with van der Waals surface area (Å²) in [5.74, 6) is -1.08. The topological polar surface area (TPSA) is 104 Å². The van der Waals surface area contributed by atoms with Crippen molar-refractivity contribution in [2.75, 3.05) is 11.1 Å². The minimum Gasteiger partial charge on any atom is -0.396 e. The quantitative estimate of drug-likeness (QED) is 0.576. The van der Waals surface area contributed by atoms with Gasteiger partial charge in [0.25, 0.3) is 5.91 Å². The third-order valence-corrected chi connectivity index (χ3v) is 2.09. The van der Waals surface area contributed by atoms with Crippen LogP contribution in [0.25, 0.3) is 0 Å². The van der Waals surface area contributed by atoms with Crippen molar-refractivity contribution < 1.29 is 9.18 Å². The van der Waals surface area contributed by atoms with E-state index in [9.17, 15) is 14.0 Å². The first-order valence-corrected chi connectivity index (χ1v) is 4.70. The number of anilines is 2. The third-order valence-electron chi connectivity index (χ3n) is 2.09. The van der Waals surface area contributed by atoms with Crippen molar-refractivity contribution in [1.29, 1.82) is 0 Å². The number of hydrogen-bond donors (Lipinski definition) is 4. The molecular formula is C10H9FN4O2. The van der Waals surface area contributed by atoms with Crippen LogP contribution in [0.1, 0.15) is 10.5 Å². The number of H-pyrrole nitrogens is 2. The molecule has 0 fully saturated rings. The van der Waals surface area contributed by atoms with Gasteiger partial charge in [-0.15, -0.1) is 0 Å². The lowest BCUT2D eigenvalue weighted by molar-refractivity contribution is 0.102. The lowest BCUT2D eigenvalue weighted by Crippen LogP contribution is -2.14. The van der Waals surface area contributed by atoms with Crippen LogP contribution in [-0.4, -0.2) is 15.9 Å². The molecular weight excluding hydrogens is 227 g/mol. The first-order valence-electron chi connectivity index (χ1n) is 4.70. The molecule has 1 aromatic carbocycles. The fourth-order valence-corrected chi connectivity index (χ4v) is 1.27. The van der Waals surface area contributed by atoms with Crippen LogP contribution in [0.15, 0.2) is 29.2 Å². The number of carbonyl (C=O) groups is 1. The first-order chi connectivity index (χ1) is 8.06. The van der Waals surface area contributed by atoms with E-state index < -0.39 is 17.4 Å². The lowest BCUT2D eigenvalue weighted by Gasteiger charge is -2.04. The highest BCUT2D eigenvalue weighted by Gasteiger charge is 2.09. The number of benzene rings is 1. The van der Waals surface area contributed by atoms with Crippen molar-refractivity contribution in [1.82, 2.24) is 9.97 Å². The van der Waals surface area contributed by atoms with Gasteiger partial charge in [-0.25, -0.2) is 9.18 Å². The largest absolute Gasteiger partial charge is 0.396 e. The predicted octanol–water partition coefficient (Wildman–Crippen LogP) is 0.677. The molecule has 2 aromatic rings. The molecule has 17 heavy (non-hydrogen) atoms. The smallest absolute Gasteiger partial charge is 0.323 e. The molecule has 1 amide bonds. The number of aromatic nitrogens is 2. The van der Waals surface area contributed by atoms with Crippen molar-refractivity contribution in [3.05, 3.63) is 46.4 Å². The van der Waals surface area contributed by atoms with Gasteiger partial charge >= 0.3 is 5.69 Å². The lowest BCUT2D eigenvalue weighted by atomic mass is 10.2. The Morgan fingerprint density at radius 2 is 2.18 bits per heavy atom. The van der Waals surface area contributed by atoms with Crippen LogP contribution < -0.4 is 16.7 Å². The molecule has 0 aliphatic carbocycles. The molecule has 0 saturated carbocycles. The van der Waals surface area contributed by atoms with Gasteiger partial charge in [0.05, 0.1) is 5.69 Å². The second-order valence-electron chi connectivity index (χ2n) is 3.35. The molecule has 6 nitrogen and oxygen atoms in total. The van der Waals surface area contributed by atoms with Crippen molar-refractivity contribution >= 4 is 17.3 Å². The second-order valence-corrected chi connectivity index (χ2v) is 3.35. The van der Waals surface area contributed by atoms with Gasteiger partial charge < -0.3 is 21.0 Å². The average Bonchev–Trinajstić information content (AvgIpc) is 2.70. The van der Waals surface area contributed by atoms with E-state index >= 15 is 0 Å². The highest BCUT2D eigenvalue weighted by atomic mass is 19.1. The summed E-state index contributed by atoms with van der Waals surface area (Å²) in [4.78, 5) is 27.0. The monoisotopic (exact) mass is 236 g/mol. The Morgan fingerprint density at radius 3 is 2.76 bits per heavy atom. The maximum Gasteiger partial charge on any atom is 0.323 e. The Labute approximate surface area is 94.7 Å². The van der Waals surface area contributed by atoms with Crippen LogP contribution in [0.5, 0.6) is 0 Å². The number of carbonyl (C=O) groups excluding carboxylic acids is 1. The van der Waals surface area contributed by atoms with E-state index in [0.29, 0.717) is 5.69 Å². The van der Waals surface area contributed by atoms with Gasteiger partial charge in [-0.2, -0.15) is 0 Å². The van der Waals surface area contributed by atoms with E-state index in [1.54, 1.807) is 0 Å². The molecule has 0 radical (unpaired) electrons. The SMILES string of the molecule is Nc1cc(NC(=O)c2c[nH]c(=O)[nH]2)ccc1F. The molecule has 2 rings (SSSR count). The maximum atomic E-state index is 12.9. The number of imidazole rings is 1. The van der Waals surface area contributed by atoms with E-state index in [1.165, 1.54) is 18.3 Å². The number of aromatic amines is 2. The van der Waals surface area contributed by atoms with E-state index in [0.717, 1.165) is 6.07 Å². The summed E-state index contributed by atoms with van der Waals surface area (Å²) < 4.78 is 12.9. The molecule has 88 valence electrons. The van der Waals surface area contributed by atoms with Crippen molar-refractivity contribution in [2.45, 2.75) is 0 Å². The minimum atomic E-state index is -0.557. The van der Waals surface area contributed by atoms with Crippen LogP contribution in [0, 0.1) is 5.82 Å². The zero-order chi connectivity index (χ0) is 12.4. The Hall–Kier alpha value is -2.57. The Morgan fingerprint density at radius 1 is 1.41 bits per heavy atom. The number of hydrogen-bond acceptors (Lipinski definition) is 3. The van der Waals surface area contributed by atoms with Gasteiger partial charge in [-0.05, 0) is 18.2 Å². The molecule has 0 aliphatic rings. The average molecular weight is 236 g/mol. The zero-order valence-electron chi connectivity index (χ0n) is 8.58. The van der Waals surface area contributed by atoms with Crippen molar-refractivity contribution in [3.63, 3.8) is 0 Å². The Kier molecular flexibility index (Phi) is 2.65. The van der Waals surface area contributed by atoms with Crippen molar-refractivity contribution in [3.8, 4) is 0 Å². The summed E-state index contributed by atoms with van der Waals surface area (Å²) in [6.07, 6.45) is 1.24. The van der Waals surface area contributed by atoms with Crippen LogP contribution in [0.3, 0.4) is 0 Å². The molecule has 0 saturated heterocycles. The predicted molar refractivity (Wildman–Crippen MR) is 60.2 cm³/mol. The summed E-state index contributed by atoms with van der Waals surface area (Å²) >= 11 is 0. The van der Waals surface area contributed by atoms with Crippen molar-refractivity contribution in [2.24, 2.45) is 0 Å². The van der Waals surface area contributed by atoms with E-state index in [1.807, 2.05) is 0 Å². The molecule has 1 aromatic heterocycles. The first kappa shape index (κ1) is 10.9. The van der Waals surface area contributed by atoms with Gasteiger partial charge in [-0.1, -0.05) is 0 Å². The van der Waals surface area contributed by atoms with E-state index in [-0.39, 0.29) is 11.4 Å². The Balaban J connectivity index is 2.18. The second kappa shape index (κ2) is 4.12. The van der Waals surface area contributed by atoms with Gasteiger partial charge in [-0.3, -0.25) is 4.79 Å². The number of halogens is 1. The number of nitrogens with two attached hydrogens (primary N) is 1. The minimum absolute atomic E-state index is 0.0645. The van der Waals surface area contributed by atoms with Gasteiger partial charge in [0.15, 0.2) is 0 Å². The Bertz CT molecular complexity index is 617. The van der Waals surface area contributed by atoms with Crippen LogP contribution in [0.2, 0.25) is 0 Å². The maximum absolute atomic E-state index is 12.9. The fourth-order valence-electron chi connectivity index (χ4n) is 1.27. The molecule has 0 bridgehead atoms. The van der Waals surface area contributed by atoms with E-state index in [4.69, 9.17) is 5.73 Å². The summed E-state index contributed by atoms with van der Waals surface area (Å²) in [5.41, 5.74) is 5.23. The third kappa shape index (κ3) is 2.33. The summed E-state index contributed by atoms with van der Waals surface area (Å²) in [5, 5.41) is 2.46. The highest BCUT2D eigenvalue weighted by Crippen LogP contribution is 2.16. The fraction of sp³-hybridized carbons (Fsp3) is 0. The number of nitrogens with one attached hydrogen (secondary N) is 3. The normalized spacial score (nSPS) is 10.2. The summed E-state index contributed by atoms with van der Waals surface area (Å²) in [7, 11) is 0. The summed E-state index contributed by atoms with van der Waals surface area (Å²) in [6.45, 7) is 0. The summed E-state index contributed by atoms with van der Waals surface area (Å²) in [6, 6.07) is 3.80. The molecule has 0 spiro atoms. The number of rotatable bonds is 2. The number of nitrogen functional groups attached to an aromatic ring is 1. The van der Waals surface area contributed by atoms with Crippen LogP contribution in [0.4, 0.5) is 15.8 Å². The molecule has 0 unspecified atom stereocenters. The van der Waals surface area contributed by atoms with Gasteiger partial charge in [0.1, 0.15) is 11.5 Å².